The molecule has 0 fully saturated rings. The summed E-state index contributed by atoms with van der Waals surface area (Å²) in [7, 11) is 1.48. The first-order valence-electron chi connectivity index (χ1n) is 5.52. The number of amides is 2. The Hall–Kier alpha value is -2.83. The lowest BCUT2D eigenvalue weighted by atomic mass is 10.3. The average molecular weight is 259 g/mol. The molecule has 0 radical (unpaired) electrons. The van der Waals surface area contributed by atoms with E-state index in [1.54, 1.807) is 24.3 Å². The van der Waals surface area contributed by atoms with Crippen LogP contribution < -0.4 is 21.9 Å². The van der Waals surface area contributed by atoms with Gasteiger partial charge in [0.1, 0.15) is 5.69 Å². The summed E-state index contributed by atoms with van der Waals surface area (Å²) in [5.41, 5.74) is 5.67. The minimum absolute atomic E-state index is 0.0246. The molecule has 0 aliphatic carbocycles. The Bertz CT molecular complexity index is 651. The number of nitrogen functional groups attached to an aromatic ring is 1. The highest BCUT2D eigenvalue weighted by Crippen LogP contribution is 2.06. The zero-order valence-electron chi connectivity index (χ0n) is 10.3. The molecule has 0 atom stereocenters. The Labute approximate surface area is 109 Å². The lowest BCUT2D eigenvalue weighted by Crippen LogP contribution is -2.28. The quantitative estimate of drug-likeness (QED) is 0.748. The molecule has 0 saturated heterocycles. The topological polar surface area (TPSA) is 102 Å². The first-order valence-corrected chi connectivity index (χ1v) is 5.52. The number of nitrogens with zero attached hydrogens (tertiary/aromatic N) is 2. The van der Waals surface area contributed by atoms with Crippen LogP contribution in [0.5, 0.6) is 0 Å². The molecule has 0 saturated carbocycles. The summed E-state index contributed by atoms with van der Waals surface area (Å²) < 4.78 is 1.17. The van der Waals surface area contributed by atoms with Crippen molar-refractivity contribution in [2.75, 3.05) is 16.4 Å². The third kappa shape index (κ3) is 2.89. The average Bonchev–Trinajstić information content (AvgIpc) is 2.41. The van der Waals surface area contributed by atoms with Gasteiger partial charge in [-0.15, -0.1) is 0 Å². The van der Waals surface area contributed by atoms with Crippen molar-refractivity contribution in [2.45, 2.75) is 0 Å². The first-order chi connectivity index (χ1) is 9.08. The van der Waals surface area contributed by atoms with Crippen molar-refractivity contribution in [1.29, 1.82) is 0 Å². The number of hydrogen-bond donors (Lipinski definition) is 3. The first kappa shape index (κ1) is 12.6. The predicted octanol–water partition coefficient (Wildman–Crippen LogP) is 1.01. The van der Waals surface area contributed by atoms with E-state index in [1.165, 1.54) is 17.8 Å². The Morgan fingerprint density at radius 3 is 2.63 bits per heavy atom. The molecule has 0 unspecified atom stereocenters. The van der Waals surface area contributed by atoms with Gasteiger partial charge in [-0.2, -0.15) is 0 Å². The maximum absolute atomic E-state index is 11.7. The van der Waals surface area contributed by atoms with Gasteiger partial charge in [-0.1, -0.05) is 18.2 Å². The normalized spacial score (nSPS) is 9.95. The van der Waals surface area contributed by atoms with Crippen LogP contribution in [0.25, 0.3) is 0 Å². The van der Waals surface area contributed by atoms with E-state index in [0.717, 1.165) is 0 Å². The second kappa shape index (κ2) is 5.21. The lowest BCUT2D eigenvalue weighted by Gasteiger charge is -2.10. The molecule has 7 heteroatoms. The highest BCUT2D eigenvalue weighted by atomic mass is 16.2. The Balaban J connectivity index is 2.12. The van der Waals surface area contributed by atoms with Gasteiger partial charge in [-0.3, -0.25) is 14.7 Å². The molecule has 1 heterocycles. The smallest absolute Gasteiger partial charge is 0.326 e. The minimum atomic E-state index is -0.488. The number of anilines is 3. The SMILES string of the molecule is Cn1c(NC(=O)Nc2ccccc2)ncc(N)c1=O. The lowest BCUT2D eigenvalue weighted by molar-refractivity contribution is 0.262. The fourth-order valence-electron chi connectivity index (χ4n) is 1.46. The van der Waals surface area contributed by atoms with Gasteiger partial charge in [-0.25, -0.2) is 9.78 Å². The standard InChI is InChI=1S/C12H13N5O2/c1-17-10(18)9(13)7-14-11(17)16-12(19)15-8-5-3-2-4-6-8/h2-7H,13H2,1H3,(H2,14,15,16,19). The summed E-state index contributed by atoms with van der Waals surface area (Å²) in [4.78, 5) is 27.2. The highest BCUT2D eigenvalue weighted by Gasteiger charge is 2.08. The van der Waals surface area contributed by atoms with Crippen molar-refractivity contribution < 1.29 is 4.79 Å². The third-order valence-electron chi connectivity index (χ3n) is 2.45. The van der Waals surface area contributed by atoms with Gasteiger partial charge in [0.15, 0.2) is 0 Å². The molecule has 0 aliphatic heterocycles. The second-order valence-electron chi connectivity index (χ2n) is 3.85. The van der Waals surface area contributed by atoms with Crippen LogP contribution in [-0.2, 0) is 7.05 Å². The van der Waals surface area contributed by atoms with Crippen molar-refractivity contribution >= 4 is 23.4 Å². The van der Waals surface area contributed by atoms with Crippen LogP contribution in [0.3, 0.4) is 0 Å². The highest BCUT2D eigenvalue weighted by molar-refractivity contribution is 5.98. The van der Waals surface area contributed by atoms with Crippen LogP contribution in [0.1, 0.15) is 0 Å². The van der Waals surface area contributed by atoms with Gasteiger partial charge in [0.05, 0.1) is 6.20 Å². The zero-order chi connectivity index (χ0) is 13.8. The van der Waals surface area contributed by atoms with Crippen LogP contribution in [0.4, 0.5) is 22.1 Å². The molecule has 0 spiro atoms. The molecule has 1 aromatic carbocycles. The van der Waals surface area contributed by atoms with E-state index in [9.17, 15) is 9.59 Å². The summed E-state index contributed by atoms with van der Waals surface area (Å²) >= 11 is 0. The van der Waals surface area contributed by atoms with E-state index in [-0.39, 0.29) is 11.6 Å². The monoisotopic (exact) mass is 259 g/mol. The van der Waals surface area contributed by atoms with E-state index < -0.39 is 11.6 Å². The van der Waals surface area contributed by atoms with Crippen LogP contribution in [0, 0.1) is 0 Å². The fourth-order valence-corrected chi connectivity index (χ4v) is 1.46. The van der Waals surface area contributed by atoms with Crippen LogP contribution >= 0.6 is 0 Å². The number of nitrogens with one attached hydrogen (secondary N) is 2. The van der Waals surface area contributed by atoms with Crippen molar-refractivity contribution in [3.05, 3.63) is 46.9 Å². The van der Waals surface area contributed by atoms with Gasteiger partial charge in [0.25, 0.3) is 5.56 Å². The van der Waals surface area contributed by atoms with Crippen molar-refractivity contribution in [3.8, 4) is 0 Å². The molecular weight excluding hydrogens is 246 g/mol. The number of aromatic nitrogens is 2. The van der Waals surface area contributed by atoms with Gasteiger partial charge >= 0.3 is 6.03 Å². The summed E-state index contributed by atoms with van der Waals surface area (Å²) in [6.07, 6.45) is 1.21. The number of rotatable bonds is 2. The largest absolute Gasteiger partial charge is 0.393 e. The molecule has 0 bridgehead atoms. The molecule has 98 valence electrons. The summed E-state index contributed by atoms with van der Waals surface area (Å²) in [5.74, 6) is 0.118. The number of benzene rings is 1. The third-order valence-corrected chi connectivity index (χ3v) is 2.45. The molecule has 1 aromatic heterocycles. The Kier molecular flexibility index (Phi) is 3.46. The molecule has 19 heavy (non-hydrogen) atoms. The second-order valence-corrected chi connectivity index (χ2v) is 3.85. The maximum atomic E-state index is 11.7. The van der Waals surface area contributed by atoms with Gasteiger partial charge in [0.2, 0.25) is 5.95 Å². The molecule has 2 rings (SSSR count). The fraction of sp³-hybridized carbons (Fsp3) is 0.0833. The van der Waals surface area contributed by atoms with E-state index in [1.807, 2.05) is 6.07 Å². The molecule has 4 N–H and O–H groups in total. The number of carbonyl (C=O) groups is 1. The molecule has 2 amide bonds. The molecule has 7 nitrogen and oxygen atoms in total. The Morgan fingerprint density at radius 1 is 1.26 bits per heavy atom. The van der Waals surface area contributed by atoms with Gasteiger partial charge in [0, 0.05) is 12.7 Å². The summed E-state index contributed by atoms with van der Waals surface area (Å²) in [5, 5.41) is 5.09. The van der Waals surface area contributed by atoms with Crippen molar-refractivity contribution in [2.24, 2.45) is 7.05 Å². The van der Waals surface area contributed by atoms with Crippen LogP contribution in [0.2, 0.25) is 0 Å². The van der Waals surface area contributed by atoms with E-state index in [0.29, 0.717) is 5.69 Å². The predicted molar refractivity (Wildman–Crippen MR) is 73.0 cm³/mol. The van der Waals surface area contributed by atoms with Crippen molar-refractivity contribution in [1.82, 2.24) is 9.55 Å². The number of hydrogen-bond acceptors (Lipinski definition) is 4. The Morgan fingerprint density at radius 2 is 1.95 bits per heavy atom. The van der Waals surface area contributed by atoms with Crippen molar-refractivity contribution in [3.63, 3.8) is 0 Å². The zero-order valence-corrected chi connectivity index (χ0v) is 10.3. The number of carbonyl (C=O) groups excluding carboxylic acids is 1. The summed E-state index contributed by atoms with van der Waals surface area (Å²) in [6, 6.07) is 8.44. The minimum Gasteiger partial charge on any atom is -0.393 e. The van der Waals surface area contributed by atoms with Gasteiger partial charge in [-0.05, 0) is 12.1 Å². The number of urea groups is 1. The van der Waals surface area contributed by atoms with Crippen LogP contribution in [-0.4, -0.2) is 15.6 Å². The number of para-hydroxylation sites is 1. The van der Waals surface area contributed by atoms with E-state index in [4.69, 9.17) is 5.73 Å². The maximum Gasteiger partial charge on any atom is 0.326 e. The van der Waals surface area contributed by atoms with Gasteiger partial charge < -0.3 is 11.1 Å². The molecule has 0 aliphatic rings. The van der Waals surface area contributed by atoms with E-state index in [2.05, 4.69) is 15.6 Å². The van der Waals surface area contributed by atoms with Crippen LogP contribution in [0.15, 0.2) is 41.3 Å². The molecule has 2 aromatic rings. The summed E-state index contributed by atoms with van der Waals surface area (Å²) in [6.45, 7) is 0. The number of nitrogens with two attached hydrogens (primary N) is 1. The van der Waals surface area contributed by atoms with E-state index >= 15 is 0 Å². The molecular formula is C12H13N5O2.